The van der Waals surface area contributed by atoms with Crippen LogP contribution < -0.4 is 10.1 Å². The first kappa shape index (κ1) is 11.3. The van der Waals surface area contributed by atoms with Gasteiger partial charge in [0.05, 0.1) is 12.8 Å². The molecule has 2 rings (SSSR count). The van der Waals surface area contributed by atoms with Gasteiger partial charge in [-0.2, -0.15) is 4.39 Å². The number of anilines is 2. The highest BCUT2D eigenvalue weighted by molar-refractivity contribution is 5.64. The number of methoxy groups -OCH3 is 1. The number of halogens is 1. The average Bonchev–Trinajstić information content (AvgIpc) is 2.29. The number of ether oxygens (including phenoxy) is 1. The predicted octanol–water partition coefficient (Wildman–Crippen LogP) is 2.68. The molecular weight excluding hydrogens is 221 g/mol. The van der Waals surface area contributed by atoms with Crippen molar-refractivity contribution in [1.82, 2.24) is 9.97 Å². The number of hydrogen-bond acceptors (Lipinski definition) is 4. The summed E-state index contributed by atoms with van der Waals surface area (Å²) >= 11 is 0. The van der Waals surface area contributed by atoms with Crippen LogP contribution in [0.25, 0.3) is 0 Å². The molecule has 88 valence electrons. The van der Waals surface area contributed by atoms with Gasteiger partial charge in [-0.05, 0) is 24.6 Å². The summed E-state index contributed by atoms with van der Waals surface area (Å²) in [5.74, 6) is 0.491. The zero-order chi connectivity index (χ0) is 12.3. The fraction of sp³-hybridized carbons (Fsp3) is 0.167. The fourth-order valence-corrected chi connectivity index (χ4v) is 1.46. The van der Waals surface area contributed by atoms with Gasteiger partial charge in [-0.25, -0.2) is 9.97 Å². The van der Waals surface area contributed by atoms with E-state index >= 15 is 0 Å². The lowest BCUT2D eigenvalue weighted by Crippen LogP contribution is -1.98. The van der Waals surface area contributed by atoms with Gasteiger partial charge in [-0.3, -0.25) is 0 Å². The van der Waals surface area contributed by atoms with Crippen LogP contribution >= 0.6 is 0 Å². The van der Waals surface area contributed by atoms with Crippen LogP contribution in [-0.2, 0) is 0 Å². The lowest BCUT2D eigenvalue weighted by Gasteiger charge is -2.11. The minimum absolute atomic E-state index is 0.390. The first-order valence-corrected chi connectivity index (χ1v) is 5.08. The highest BCUT2D eigenvalue weighted by Gasteiger charge is 2.05. The fourth-order valence-electron chi connectivity index (χ4n) is 1.46. The zero-order valence-corrected chi connectivity index (χ0v) is 9.57. The van der Waals surface area contributed by atoms with E-state index < -0.39 is 5.95 Å². The molecule has 0 spiro atoms. The molecule has 0 saturated heterocycles. The van der Waals surface area contributed by atoms with E-state index in [0.717, 1.165) is 11.3 Å². The Balaban J connectivity index is 2.32. The van der Waals surface area contributed by atoms with Crippen LogP contribution in [0.1, 0.15) is 5.56 Å². The monoisotopic (exact) mass is 233 g/mol. The summed E-state index contributed by atoms with van der Waals surface area (Å²) in [6, 6.07) is 6.90. The molecule has 0 aliphatic rings. The van der Waals surface area contributed by atoms with Crippen LogP contribution in [0.4, 0.5) is 15.9 Å². The first-order chi connectivity index (χ1) is 8.19. The summed E-state index contributed by atoms with van der Waals surface area (Å²) in [5.41, 5.74) is 1.81. The van der Waals surface area contributed by atoms with Crippen LogP contribution in [0, 0.1) is 12.9 Å². The van der Waals surface area contributed by atoms with Crippen LogP contribution in [0.15, 0.2) is 30.6 Å². The van der Waals surface area contributed by atoms with E-state index in [0.29, 0.717) is 11.6 Å². The normalized spacial score (nSPS) is 10.1. The zero-order valence-electron chi connectivity index (χ0n) is 9.57. The molecule has 17 heavy (non-hydrogen) atoms. The van der Waals surface area contributed by atoms with Gasteiger partial charge in [0.15, 0.2) is 0 Å². The van der Waals surface area contributed by atoms with E-state index in [2.05, 4.69) is 15.3 Å². The lowest BCUT2D eigenvalue weighted by atomic mass is 10.2. The minimum Gasteiger partial charge on any atom is -0.495 e. The Morgan fingerprint density at radius 3 is 2.76 bits per heavy atom. The smallest absolute Gasteiger partial charge is 0.218 e. The van der Waals surface area contributed by atoms with Gasteiger partial charge in [0, 0.05) is 6.07 Å². The van der Waals surface area contributed by atoms with Crippen molar-refractivity contribution < 1.29 is 9.13 Å². The average molecular weight is 233 g/mol. The summed E-state index contributed by atoms with van der Waals surface area (Å²) in [4.78, 5) is 7.31. The first-order valence-electron chi connectivity index (χ1n) is 5.08. The van der Waals surface area contributed by atoms with Crippen molar-refractivity contribution >= 4 is 11.5 Å². The molecule has 2 aromatic rings. The summed E-state index contributed by atoms with van der Waals surface area (Å²) in [7, 11) is 1.58. The predicted molar refractivity (Wildman–Crippen MR) is 63.0 cm³/mol. The Hall–Kier alpha value is -2.17. The molecule has 4 nitrogen and oxygen atoms in total. The van der Waals surface area contributed by atoms with E-state index in [-0.39, 0.29) is 0 Å². The van der Waals surface area contributed by atoms with Crippen LogP contribution in [0.2, 0.25) is 0 Å². The van der Waals surface area contributed by atoms with Crippen molar-refractivity contribution in [2.45, 2.75) is 6.92 Å². The van der Waals surface area contributed by atoms with E-state index in [1.807, 2.05) is 25.1 Å². The molecule has 0 saturated carbocycles. The second-order valence-electron chi connectivity index (χ2n) is 3.55. The lowest BCUT2D eigenvalue weighted by molar-refractivity contribution is 0.416. The Morgan fingerprint density at radius 2 is 2.06 bits per heavy atom. The van der Waals surface area contributed by atoms with Gasteiger partial charge in [0.25, 0.3) is 0 Å². The Kier molecular flexibility index (Phi) is 3.18. The quantitative estimate of drug-likeness (QED) is 0.828. The SMILES string of the molecule is COc1ccc(C)cc1Nc1cc(F)ncn1. The van der Waals surface area contributed by atoms with Crippen LogP contribution in [0.3, 0.4) is 0 Å². The second kappa shape index (κ2) is 4.78. The van der Waals surface area contributed by atoms with Crippen molar-refractivity contribution in [3.8, 4) is 5.75 Å². The molecule has 0 radical (unpaired) electrons. The molecule has 1 heterocycles. The van der Waals surface area contributed by atoms with Crippen molar-refractivity contribution in [2.75, 3.05) is 12.4 Å². The van der Waals surface area contributed by atoms with Gasteiger partial charge in [0.1, 0.15) is 17.9 Å². The molecule has 1 aromatic heterocycles. The number of benzene rings is 1. The number of hydrogen-bond donors (Lipinski definition) is 1. The van der Waals surface area contributed by atoms with Crippen LogP contribution in [0.5, 0.6) is 5.75 Å². The number of nitrogens with one attached hydrogen (secondary N) is 1. The van der Waals surface area contributed by atoms with Gasteiger partial charge in [0.2, 0.25) is 5.95 Å². The molecule has 0 bridgehead atoms. The molecule has 0 atom stereocenters. The molecule has 1 aromatic carbocycles. The van der Waals surface area contributed by atoms with Gasteiger partial charge < -0.3 is 10.1 Å². The third-order valence-electron chi connectivity index (χ3n) is 2.25. The minimum atomic E-state index is -0.575. The van der Waals surface area contributed by atoms with Crippen molar-refractivity contribution in [3.63, 3.8) is 0 Å². The number of aromatic nitrogens is 2. The topological polar surface area (TPSA) is 47.0 Å². The Labute approximate surface area is 98.5 Å². The molecule has 0 amide bonds. The number of rotatable bonds is 3. The van der Waals surface area contributed by atoms with E-state index in [1.54, 1.807) is 7.11 Å². The standard InChI is InChI=1S/C12H12FN3O/c1-8-3-4-10(17-2)9(5-8)16-12-6-11(13)14-7-15-12/h3-7H,1-2H3,(H,14,15,16). The number of aryl methyl sites for hydroxylation is 1. The highest BCUT2D eigenvalue weighted by atomic mass is 19.1. The second-order valence-corrected chi connectivity index (χ2v) is 3.55. The molecule has 0 aliphatic carbocycles. The maximum Gasteiger partial charge on any atom is 0.218 e. The number of nitrogens with zero attached hydrogens (tertiary/aromatic N) is 2. The summed E-state index contributed by atoms with van der Waals surface area (Å²) < 4.78 is 18.1. The maximum absolute atomic E-state index is 12.9. The van der Waals surface area contributed by atoms with E-state index in [9.17, 15) is 4.39 Å². The molecule has 0 aliphatic heterocycles. The molecule has 0 unspecified atom stereocenters. The van der Waals surface area contributed by atoms with Crippen molar-refractivity contribution in [1.29, 1.82) is 0 Å². The Bertz CT molecular complexity index is 531. The van der Waals surface area contributed by atoms with Gasteiger partial charge in [-0.1, -0.05) is 6.07 Å². The molecule has 5 heteroatoms. The van der Waals surface area contributed by atoms with Gasteiger partial charge >= 0.3 is 0 Å². The summed E-state index contributed by atoms with van der Waals surface area (Å²) in [6.45, 7) is 1.96. The molecule has 0 fully saturated rings. The third kappa shape index (κ3) is 2.69. The van der Waals surface area contributed by atoms with Crippen LogP contribution in [-0.4, -0.2) is 17.1 Å². The summed E-state index contributed by atoms with van der Waals surface area (Å²) in [6.07, 6.45) is 1.17. The molecule has 1 N–H and O–H groups in total. The maximum atomic E-state index is 12.9. The summed E-state index contributed by atoms with van der Waals surface area (Å²) in [5, 5.41) is 2.99. The highest BCUT2D eigenvalue weighted by Crippen LogP contribution is 2.27. The third-order valence-corrected chi connectivity index (χ3v) is 2.25. The largest absolute Gasteiger partial charge is 0.495 e. The van der Waals surface area contributed by atoms with E-state index in [1.165, 1.54) is 12.4 Å². The Morgan fingerprint density at radius 1 is 1.24 bits per heavy atom. The van der Waals surface area contributed by atoms with Crippen molar-refractivity contribution in [2.24, 2.45) is 0 Å². The van der Waals surface area contributed by atoms with Gasteiger partial charge in [-0.15, -0.1) is 0 Å². The molecular formula is C12H12FN3O. The van der Waals surface area contributed by atoms with E-state index in [4.69, 9.17) is 4.74 Å². The van der Waals surface area contributed by atoms with Crippen molar-refractivity contribution in [3.05, 3.63) is 42.1 Å².